The lowest BCUT2D eigenvalue weighted by Gasteiger charge is -2.23. The van der Waals surface area contributed by atoms with Crippen LogP contribution < -0.4 is 5.32 Å². The van der Waals surface area contributed by atoms with Gasteiger partial charge in [0.05, 0.1) is 6.42 Å². The van der Waals surface area contributed by atoms with Gasteiger partial charge in [-0.15, -0.1) is 0 Å². The number of hydrogen-bond donors (Lipinski definition) is 2. The van der Waals surface area contributed by atoms with Crippen molar-refractivity contribution in [1.29, 1.82) is 0 Å². The number of rotatable bonds is 5. The molecule has 0 aromatic heterocycles. The van der Waals surface area contributed by atoms with Crippen molar-refractivity contribution in [2.45, 2.75) is 38.8 Å². The van der Waals surface area contributed by atoms with Crippen molar-refractivity contribution in [2.75, 3.05) is 7.11 Å². The van der Waals surface area contributed by atoms with Gasteiger partial charge in [0.15, 0.2) is 0 Å². The van der Waals surface area contributed by atoms with Crippen LogP contribution in [0.5, 0.6) is 0 Å². The highest BCUT2D eigenvalue weighted by Crippen LogP contribution is 2.07. The minimum Gasteiger partial charge on any atom is -0.481 e. The molecule has 5 heteroatoms. The number of nitrogens with one attached hydrogen (secondary N) is 1. The second-order valence-corrected chi connectivity index (χ2v) is 3.69. The van der Waals surface area contributed by atoms with E-state index in [1.807, 2.05) is 0 Å². The molecule has 82 valence electrons. The number of amides is 1. The van der Waals surface area contributed by atoms with Gasteiger partial charge in [-0.2, -0.15) is 0 Å². The maximum absolute atomic E-state index is 11.5. The molecule has 0 heterocycles. The van der Waals surface area contributed by atoms with E-state index in [4.69, 9.17) is 9.84 Å². The second kappa shape index (κ2) is 4.95. The van der Waals surface area contributed by atoms with Crippen molar-refractivity contribution in [2.24, 2.45) is 0 Å². The summed E-state index contributed by atoms with van der Waals surface area (Å²) < 4.78 is 4.95. The van der Waals surface area contributed by atoms with Gasteiger partial charge in [-0.05, 0) is 20.8 Å². The summed E-state index contributed by atoms with van der Waals surface area (Å²) >= 11 is 0. The Morgan fingerprint density at radius 1 is 1.50 bits per heavy atom. The second-order valence-electron chi connectivity index (χ2n) is 3.69. The molecule has 0 saturated heterocycles. The van der Waals surface area contributed by atoms with Crippen LogP contribution in [0.3, 0.4) is 0 Å². The Morgan fingerprint density at radius 2 is 2.00 bits per heavy atom. The first-order valence-corrected chi connectivity index (χ1v) is 4.37. The van der Waals surface area contributed by atoms with E-state index in [0.717, 1.165) is 0 Å². The molecular weight excluding hydrogens is 186 g/mol. The first-order valence-electron chi connectivity index (χ1n) is 4.37. The average molecular weight is 203 g/mol. The zero-order valence-electron chi connectivity index (χ0n) is 8.96. The van der Waals surface area contributed by atoms with E-state index in [1.54, 1.807) is 20.8 Å². The van der Waals surface area contributed by atoms with Crippen LogP contribution in [0.2, 0.25) is 0 Å². The first kappa shape index (κ1) is 12.9. The molecule has 0 radical (unpaired) electrons. The van der Waals surface area contributed by atoms with E-state index in [0.29, 0.717) is 0 Å². The third-order valence-corrected chi connectivity index (χ3v) is 1.92. The summed E-state index contributed by atoms with van der Waals surface area (Å²) in [7, 11) is 1.43. The summed E-state index contributed by atoms with van der Waals surface area (Å²) in [4.78, 5) is 21.8. The summed E-state index contributed by atoms with van der Waals surface area (Å²) in [6.07, 6.45) is -0.0917. The summed E-state index contributed by atoms with van der Waals surface area (Å²) in [5.74, 6) is -1.25. The maximum atomic E-state index is 11.5. The highest BCUT2D eigenvalue weighted by atomic mass is 16.5. The van der Waals surface area contributed by atoms with Crippen LogP contribution in [0, 0.1) is 0 Å². The normalized spacial score (nSPS) is 13.4. The Bertz CT molecular complexity index is 225. The molecule has 1 atom stereocenters. The fourth-order valence-electron chi connectivity index (χ4n) is 0.803. The molecule has 1 amide bonds. The number of hydrogen-bond acceptors (Lipinski definition) is 3. The lowest BCUT2D eigenvalue weighted by Crippen LogP contribution is -2.47. The van der Waals surface area contributed by atoms with Crippen molar-refractivity contribution in [3.63, 3.8) is 0 Å². The van der Waals surface area contributed by atoms with Crippen molar-refractivity contribution < 1.29 is 19.4 Å². The summed E-state index contributed by atoms with van der Waals surface area (Å²) in [5.41, 5.74) is -0.924. The van der Waals surface area contributed by atoms with E-state index >= 15 is 0 Å². The number of methoxy groups -OCH3 is 1. The van der Waals surface area contributed by atoms with Gasteiger partial charge in [0.2, 0.25) is 0 Å². The van der Waals surface area contributed by atoms with E-state index in [9.17, 15) is 9.59 Å². The first-order chi connectivity index (χ1) is 6.29. The van der Waals surface area contributed by atoms with Crippen LogP contribution in [0.4, 0.5) is 0 Å². The standard InChI is InChI=1S/C9H17NO4/c1-6(5-7(11)12)10-8(13)9(2,3)14-4/h6H,5H2,1-4H3,(H,10,13)(H,11,12). The van der Waals surface area contributed by atoms with Crippen molar-refractivity contribution in [3.05, 3.63) is 0 Å². The predicted molar refractivity (Wildman–Crippen MR) is 50.9 cm³/mol. The monoisotopic (exact) mass is 203 g/mol. The Morgan fingerprint density at radius 3 is 2.36 bits per heavy atom. The molecule has 0 bridgehead atoms. The Labute approximate surface area is 83.4 Å². The third-order valence-electron chi connectivity index (χ3n) is 1.92. The Kier molecular flexibility index (Phi) is 4.56. The number of carboxylic acid groups (broad SMARTS) is 1. The summed E-state index contributed by atoms with van der Waals surface area (Å²) in [6, 6.07) is -0.394. The average Bonchev–Trinajstić information content (AvgIpc) is 2.02. The predicted octanol–water partition coefficient (Wildman–Crippen LogP) is 0.391. The van der Waals surface area contributed by atoms with Crippen molar-refractivity contribution in [1.82, 2.24) is 5.32 Å². The molecule has 0 spiro atoms. The van der Waals surface area contributed by atoms with E-state index in [2.05, 4.69) is 5.32 Å². The van der Waals surface area contributed by atoms with Gasteiger partial charge < -0.3 is 15.2 Å². The van der Waals surface area contributed by atoms with E-state index < -0.39 is 17.6 Å². The number of carboxylic acids is 1. The Hall–Kier alpha value is -1.10. The van der Waals surface area contributed by atoms with Crippen LogP contribution in [0.25, 0.3) is 0 Å². The summed E-state index contributed by atoms with van der Waals surface area (Å²) in [5, 5.41) is 11.0. The quantitative estimate of drug-likeness (QED) is 0.677. The van der Waals surface area contributed by atoms with Crippen LogP contribution in [0.1, 0.15) is 27.2 Å². The number of aliphatic carboxylic acids is 1. The maximum Gasteiger partial charge on any atom is 0.305 e. The molecule has 0 aromatic carbocycles. The van der Waals surface area contributed by atoms with E-state index in [-0.39, 0.29) is 12.3 Å². The highest BCUT2D eigenvalue weighted by Gasteiger charge is 2.28. The smallest absolute Gasteiger partial charge is 0.305 e. The van der Waals surface area contributed by atoms with Crippen molar-refractivity contribution >= 4 is 11.9 Å². The molecule has 0 aliphatic heterocycles. The Balaban J connectivity index is 4.12. The lowest BCUT2D eigenvalue weighted by molar-refractivity contribution is -0.141. The van der Waals surface area contributed by atoms with Gasteiger partial charge in [-0.25, -0.2) is 0 Å². The van der Waals surface area contributed by atoms with Gasteiger partial charge in [0, 0.05) is 13.2 Å². The fourth-order valence-corrected chi connectivity index (χ4v) is 0.803. The molecule has 0 rings (SSSR count). The molecule has 14 heavy (non-hydrogen) atoms. The molecule has 0 saturated carbocycles. The van der Waals surface area contributed by atoms with Crippen LogP contribution in [-0.4, -0.2) is 35.7 Å². The van der Waals surface area contributed by atoms with Gasteiger partial charge in [0.25, 0.3) is 5.91 Å². The van der Waals surface area contributed by atoms with Crippen LogP contribution in [0.15, 0.2) is 0 Å². The zero-order chi connectivity index (χ0) is 11.4. The highest BCUT2D eigenvalue weighted by molar-refractivity contribution is 5.84. The summed E-state index contributed by atoms with van der Waals surface area (Å²) in [6.45, 7) is 4.88. The SMILES string of the molecule is COC(C)(C)C(=O)NC(C)CC(=O)O. The van der Waals surface area contributed by atoms with Gasteiger partial charge in [-0.1, -0.05) is 0 Å². The molecular formula is C9H17NO4. The lowest BCUT2D eigenvalue weighted by atomic mass is 10.1. The number of carbonyl (C=O) groups is 2. The minimum atomic E-state index is -0.937. The fraction of sp³-hybridized carbons (Fsp3) is 0.778. The third kappa shape index (κ3) is 4.23. The van der Waals surface area contributed by atoms with Crippen molar-refractivity contribution in [3.8, 4) is 0 Å². The molecule has 5 nitrogen and oxygen atoms in total. The molecule has 0 aliphatic carbocycles. The van der Waals surface area contributed by atoms with Gasteiger partial charge >= 0.3 is 5.97 Å². The molecule has 2 N–H and O–H groups in total. The zero-order valence-corrected chi connectivity index (χ0v) is 8.96. The molecule has 0 fully saturated rings. The topological polar surface area (TPSA) is 75.6 Å². The van der Waals surface area contributed by atoms with Gasteiger partial charge in [-0.3, -0.25) is 9.59 Å². The number of carbonyl (C=O) groups excluding carboxylic acids is 1. The molecule has 0 aliphatic rings. The van der Waals surface area contributed by atoms with Crippen LogP contribution in [-0.2, 0) is 14.3 Å². The molecule has 1 unspecified atom stereocenters. The largest absolute Gasteiger partial charge is 0.481 e. The van der Waals surface area contributed by atoms with Crippen LogP contribution >= 0.6 is 0 Å². The van der Waals surface area contributed by atoms with Gasteiger partial charge in [0.1, 0.15) is 5.60 Å². The molecule has 0 aromatic rings. The minimum absolute atomic E-state index is 0.0917. The number of ether oxygens (including phenoxy) is 1. The van der Waals surface area contributed by atoms with E-state index in [1.165, 1.54) is 7.11 Å².